The van der Waals surface area contributed by atoms with Gasteiger partial charge in [0.15, 0.2) is 6.10 Å². The summed E-state index contributed by atoms with van der Waals surface area (Å²) in [6.07, 6.45) is 13.3. The van der Waals surface area contributed by atoms with Crippen molar-refractivity contribution in [3.8, 4) is 0 Å². The van der Waals surface area contributed by atoms with Gasteiger partial charge in [0, 0.05) is 12.8 Å². The normalized spacial score (nSPS) is 22.5. The smallest absolute Gasteiger partial charge is 0.462 e. The highest BCUT2D eigenvalue weighted by Crippen LogP contribution is 2.49. The number of aliphatic hydroxyl groups is 4. The largest absolute Gasteiger partial charge is 0.472 e. The van der Waals surface area contributed by atoms with E-state index < -0.39 is 83.5 Å². The fourth-order valence-electron chi connectivity index (χ4n) is 7.01. The van der Waals surface area contributed by atoms with Crippen LogP contribution in [0.25, 0.3) is 0 Å². The second-order valence-corrected chi connectivity index (χ2v) is 18.9. The lowest BCUT2D eigenvalue weighted by Gasteiger charge is -2.43. The molecule has 0 amide bonds. The van der Waals surface area contributed by atoms with Crippen molar-refractivity contribution in [2.75, 3.05) is 19.0 Å². The Morgan fingerprint density at radius 1 is 0.525 bits per heavy atom. The van der Waals surface area contributed by atoms with Crippen LogP contribution >= 0.6 is 28.3 Å². The van der Waals surface area contributed by atoms with Gasteiger partial charge in [-0.1, -0.05) is 148 Å². The molecule has 0 aliphatic heterocycles. The molecule has 1 rings (SSSR count). The molecule has 0 aromatic carbocycles. The third-order valence-electron chi connectivity index (χ3n) is 10.5. The first-order valence-corrected chi connectivity index (χ1v) is 25.9. The maximum atomic E-state index is 12.9. The number of carbonyl (C=O) groups is 2. The summed E-state index contributed by atoms with van der Waals surface area (Å²) >= 11 is 4.24. The standard InChI is InChI=1S/C40H78O16P2S/c1-2-3-4-5-6-7-8-9-13-16-19-22-25-28-34(42)54-32(30-52-33(41)27-24-21-18-15-12-10-11-14-17-20-23-26-29-59)31-53-58(50,51)56-40-37(45)35(43)36(44)39(38(40)46)55-57(47,48)49/h32,35-40,43-46,59H,2-31H2,1H3,(H,50,51)(H2,47,48,49)/t32-,35+,36?,37+,38?,39-,40?/m1/s1. The summed E-state index contributed by atoms with van der Waals surface area (Å²) in [5, 5.41) is 41.1. The van der Waals surface area contributed by atoms with Crippen molar-refractivity contribution in [3.05, 3.63) is 0 Å². The van der Waals surface area contributed by atoms with E-state index in [9.17, 15) is 44.0 Å². The van der Waals surface area contributed by atoms with E-state index in [4.69, 9.17) is 28.3 Å². The van der Waals surface area contributed by atoms with E-state index in [2.05, 4.69) is 24.1 Å². The molecule has 350 valence electrons. The number of unbranched alkanes of at least 4 members (excludes halogenated alkanes) is 23. The second kappa shape index (κ2) is 33.8. The van der Waals surface area contributed by atoms with Crippen molar-refractivity contribution in [1.29, 1.82) is 0 Å². The number of thiol groups is 1. The lowest BCUT2D eigenvalue weighted by Crippen LogP contribution is -2.64. The van der Waals surface area contributed by atoms with Gasteiger partial charge in [-0.3, -0.25) is 23.2 Å². The van der Waals surface area contributed by atoms with E-state index in [-0.39, 0.29) is 12.8 Å². The molecule has 59 heavy (non-hydrogen) atoms. The van der Waals surface area contributed by atoms with E-state index >= 15 is 0 Å². The van der Waals surface area contributed by atoms with E-state index in [0.29, 0.717) is 12.8 Å². The van der Waals surface area contributed by atoms with Crippen LogP contribution in [0.15, 0.2) is 0 Å². The van der Waals surface area contributed by atoms with E-state index in [1.54, 1.807) is 0 Å². The Labute approximate surface area is 358 Å². The van der Waals surface area contributed by atoms with Crippen LogP contribution in [0.3, 0.4) is 0 Å². The number of carbonyl (C=O) groups excluding carboxylic acids is 2. The molecule has 0 spiro atoms. The lowest BCUT2D eigenvalue weighted by molar-refractivity contribution is -0.216. The molecule has 1 fully saturated rings. The predicted molar refractivity (Wildman–Crippen MR) is 227 cm³/mol. The van der Waals surface area contributed by atoms with Gasteiger partial charge in [-0.2, -0.15) is 12.6 Å². The van der Waals surface area contributed by atoms with Crippen LogP contribution in [-0.2, 0) is 41.8 Å². The van der Waals surface area contributed by atoms with Gasteiger partial charge in [0.25, 0.3) is 0 Å². The molecule has 0 heterocycles. The first-order chi connectivity index (χ1) is 28.1. The quantitative estimate of drug-likeness (QED) is 0.0130. The molecule has 0 aromatic rings. The van der Waals surface area contributed by atoms with Gasteiger partial charge in [-0.15, -0.1) is 0 Å². The SMILES string of the molecule is CCCCCCCCCCCCCCCC(=O)O[C@H](COC(=O)CCCCCCCCCCCCCCS)COP(=O)(O)OC1C(O)[C@H](OP(=O)(O)O)C(O)[C@H](O)[C@@H]1O. The number of ether oxygens (including phenoxy) is 2. The summed E-state index contributed by atoms with van der Waals surface area (Å²) in [4.78, 5) is 54.1. The van der Waals surface area contributed by atoms with Crippen molar-refractivity contribution in [2.45, 2.75) is 223 Å². The van der Waals surface area contributed by atoms with Gasteiger partial charge >= 0.3 is 27.6 Å². The first kappa shape index (κ1) is 56.4. The average molecular weight is 909 g/mol. The molecule has 16 nitrogen and oxygen atoms in total. The fraction of sp³-hybridized carbons (Fsp3) is 0.950. The van der Waals surface area contributed by atoms with Crippen molar-refractivity contribution in [3.63, 3.8) is 0 Å². The van der Waals surface area contributed by atoms with Crippen molar-refractivity contribution in [1.82, 2.24) is 0 Å². The number of hydrogen-bond acceptors (Lipinski definition) is 14. The third kappa shape index (κ3) is 28.6. The van der Waals surface area contributed by atoms with Crippen LogP contribution in [0.5, 0.6) is 0 Å². The number of hydrogen-bond donors (Lipinski definition) is 8. The topological polar surface area (TPSA) is 256 Å². The number of aliphatic hydroxyl groups excluding tert-OH is 4. The predicted octanol–water partition coefficient (Wildman–Crippen LogP) is 7.36. The van der Waals surface area contributed by atoms with Crippen LogP contribution in [0.2, 0.25) is 0 Å². The van der Waals surface area contributed by atoms with Gasteiger partial charge in [-0.05, 0) is 25.0 Å². The molecule has 4 unspecified atom stereocenters. The summed E-state index contributed by atoms with van der Waals surface area (Å²) in [5.41, 5.74) is 0. The Kier molecular flexibility index (Phi) is 32.3. The molecule has 0 radical (unpaired) electrons. The molecule has 8 atom stereocenters. The Balaban J connectivity index is 2.61. The molecule has 19 heteroatoms. The molecular formula is C40H78O16P2S. The fourth-order valence-corrected chi connectivity index (χ4v) is 8.77. The number of esters is 2. The highest BCUT2D eigenvalue weighted by molar-refractivity contribution is 7.80. The van der Waals surface area contributed by atoms with Crippen LogP contribution in [-0.4, -0.2) is 109 Å². The van der Waals surface area contributed by atoms with E-state index in [0.717, 1.165) is 57.1 Å². The monoisotopic (exact) mass is 908 g/mol. The zero-order valence-electron chi connectivity index (χ0n) is 35.4. The zero-order valence-corrected chi connectivity index (χ0v) is 38.1. The summed E-state index contributed by atoms with van der Waals surface area (Å²) < 4.78 is 49.3. The minimum absolute atomic E-state index is 0.0491. The first-order valence-electron chi connectivity index (χ1n) is 22.2. The lowest BCUT2D eigenvalue weighted by atomic mass is 9.85. The van der Waals surface area contributed by atoms with Gasteiger partial charge in [0.1, 0.15) is 43.2 Å². The number of phosphoric ester groups is 2. The molecular weight excluding hydrogens is 830 g/mol. The van der Waals surface area contributed by atoms with Gasteiger partial charge in [0.05, 0.1) is 6.61 Å². The van der Waals surface area contributed by atoms with Gasteiger partial charge < -0.3 is 44.6 Å². The second-order valence-electron chi connectivity index (χ2n) is 15.9. The van der Waals surface area contributed by atoms with Crippen LogP contribution in [0, 0.1) is 0 Å². The van der Waals surface area contributed by atoms with E-state index in [1.165, 1.54) is 96.3 Å². The molecule has 0 saturated heterocycles. The number of phosphoric acid groups is 2. The molecule has 1 saturated carbocycles. The minimum Gasteiger partial charge on any atom is -0.462 e. The van der Waals surface area contributed by atoms with Crippen LogP contribution in [0.4, 0.5) is 0 Å². The Morgan fingerprint density at radius 3 is 1.34 bits per heavy atom. The Morgan fingerprint density at radius 2 is 0.915 bits per heavy atom. The minimum atomic E-state index is -5.36. The third-order valence-corrected chi connectivity index (χ3v) is 12.3. The zero-order chi connectivity index (χ0) is 43.9. The molecule has 7 N–H and O–H groups in total. The Bertz CT molecular complexity index is 1180. The highest BCUT2D eigenvalue weighted by Gasteiger charge is 2.54. The molecule has 0 bridgehead atoms. The summed E-state index contributed by atoms with van der Waals surface area (Å²) in [6.45, 7) is 0.881. The van der Waals surface area contributed by atoms with E-state index in [1.807, 2.05) is 0 Å². The summed E-state index contributed by atoms with van der Waals surface area (Å²) in [6, 6.07) is 0. The van der Waals surface area contributed by atoms with Gasteiger partial charge in [0.2, 0.25) is 0 Å². The molecule has 0 aromatic heterocycles. The Hall–Kier alpha value is -0.650. The van der Waals surface area contributed by atoms with Crippen LogP contribution in [0.1, 0.15) is 180 Å². The van der Waals surface area contributed by atoms with Gasteiger partial charge in [-0.25, -0.2) is 9.13 Å². The molecule has 1 aliphatic rings. The summed E-state index contributed by atoms with van der Waals surface area (Å²) in [5.74, 6) is -0.254. The maximum absolute atomic E-state index is 12.9. The molecule has 1 aliphatic carbocycles. The highest BCUT2D eigenvalue weighted by atomic mass is 32.1. The summed E-state index contributed by atoms with van der Waals surface area (Å²) in [7, 11) is -10.7. The van der Waals surface area contributed by atoms with Crippen molar-refractivity contribution in [2.24, 2.45) is 0 Å². The van der Waals surface area contributed by atoms with Crippen molar-refractivity contribution < 1.29 is 76.9 Å². The average Bonchev–Trinajstić information content (AvgIpc) is 3.18. The van der Waals surface area contributed by atoms with Crippen LogP contribution < -0.4 is 0 Å². The van der Waals surface area contributed by atoms with Crippen molar-refractivity contribution >= 4 is 40.2 Å². The maximum Gasteiger partial charge on any atom is 0.472 e. The number of rotatable bonds is 38.